The topological polar surface area (TPSA) is 142 Å². The fourth-order valence-electron chi connectivity index (χ4n) is 3.40. The van der Waals surface area contributed by atoms with E-state index < -0.39 is 17.8 Å². The molecular formula is C21H23N5O5S2. The molecule has 3 aromatic heterocycles. The van der Waals surface area contributed by atoms with Gasteiger partial charge in [0.2, 0.25) is 11.8 Å². The predicted molar refractivity (Wildman–Crippen MR) is 123 cm³/mol. The number of esters is 1. The maximum absolute atomic E-state index is 12.6. The van der Waals surface area contributed by atoms with Crippen molar-refractivity contribution in [2.45, 2.75) is 44.3 Å². The molecule has 0 aromatic carbocycles. The standard InChI is InChI=1S/C21H23N5O5S2/c1-3-30-20(29)16-11(2)31-19(17(16)18(22)28)23-15(27)10-33-21-25-24-14(26(21)12-6-7-12)9-13-5-4-8-32-13/h4-5,8,12H,3,6-7,9-10H2,1-2H3,(H2,22,28)(H,23,27). The molecule has 0 bridgehead atoms. The maximum atomic E-state index is 12.6. The number of anilines is 1. The van der Waals surface area contributed by atoms with Gasteiger partial charge in [-0.25, -0.2) is 4.79 Å². The van der Waals surface area contributed by atoms with Crippen LogP contribution in [0.15, 0.2) is 27.1 Å². The normalized spacial score (nSPS) is 13.2. The van der Waals surface area contributed by atoms with Crippen molar-refractivity contribution >= 4 is 46.8 Å². The lowest BCUT2D eigenvalue weighted by Gasteiger charge is -2.08. The number of aromatic nitrogens is 3. The van der Waals surface area contributed by atoms with Crippen molar-refractivity contribution in [2.24, 2.45) is 5.73 Å². The number of rotatable bonds is 10. The van der Waals surface area contributed by atoms with Gasteiger partial charge in [-0.3, -0.25) is 14.9 Å². The summed E-state index contributed by atoms with van der Waals surface area (Å²) < 4.78 is 12.5. The molecule has 1 saturated carbocycles. The molecule has 1 fully saturated rings. The molecule has 0 unspecified atom stereocenters. The van der Waals surface area contributed by atoms with E-state index in [9.17, 15) is 14.4 Å². The zero-order valence-corrected chi connectivity index (χ0v) is 19.8. The minimum Gasteiger partial charge on any atom is -0.462 e. The molecule has 0 aliphatic heterocycles. The van der Waals surface area contributed by atoms with Crippen molar-refractivity contribution in [1.29, 1.82) is 0 Å². The van der Waals surface area contributed by atoms with Crippen molar-refractivity contribution in [2.75, 3.05) is 17.7 Å². The second-order valence-electron chi connectivity index (χ2n) is 7.42. The highest BCUT2D eigenvalue weighted by Crippen LogP contribution is 2.39. The fraction of sp³-hybridized carbons (Fsp3) is 0.381. The van der Waals surface area contributed by atoms with Crippen molar-refractivity contribution in [3.05, 3.63) is 45.1 Å². The lowest BCUT2D eigenvalue weighted by molar-refractivity contribution is -0.113. The molecule has 3 N–H and O–H groups in total. The second kappa shape index (κ2) is 9.79. The molecule has 0 spiro atoms. The van der Waals surface area contributed by atoms with Gasteiger partial charge in [-0.15, -0.1) is 21.5 Å². The lowest BCUT2D eigenvalue weighted by atomic mass is 10.1. The van der Waals surface area contributed by atoms with Crippen LogP contribution in [0.1, 0.15) is 63.0 Å². The number of nitrogens with one attached hydrogen (secondary N) is 1. The smallest absolute Gasteiger partial charge is 0.342 e. The van der Waals surface area contributed by atoms with Crippen LogP contribution in [-0.4, -0.2) is 44.9 Å². The number of primary amides is 1. The Morgan fingerprint density at radius 3 is 2.76 bits per heavy atom. The van der Waals surface area contributed by atoms with Crippen LogP contribution in [0.5, 0.6) is 0 Å². The molecule has 1 aliphatic rings. The molecule has 3 heterocycles. The summed E-state index contributed by atoms with van der Waals surface area (Å²) in [5, 5.41) is 13.9. The van der Waals surface area contributed by atoms with Crippen molar-refractivity contribution in [1.82, 2.24) is 14.8 Å². The molecule has 174 valence electrons. The van der Waals surface area contributed by atoms with Gasteiger partial charge >= 0.3 is 5.97 Å². The van der Waals surface area contributed by atoms with E-state index in [1.54, 1.807) is 18.3 Å². The SMILES string of the molecule is CCOC(=O)c1c(C)oc(NC(=O)CSc2nnc(Cc3cccs3)n2C2CC2)c1C(N)=O. The first-order chi connectivity index (χ1) is 15.9. The van der Waals surface area contributed by atoms with Crippen molar-refractivity contribution in [3.63, 3.8) is 0 Å². The van der Waals surface area contributed by atoms with Crippen LogP contribution in [0.25, 0.3) is 0 Å². The number of thiophene rings is 1. The van der Waals surface area contributed by atoms with Crippen LogP contribution in [0.3, 0.4) is 0 Å². The highest BCUT2D eigenvalue weighted by Gasteiger charge is 2.31. The number of ether oxygens (including phenoxy) is 1. The van der Waals surface area contributed by atoms with E-state index >= 15 is 0 Å². The number of nitrogens with zero attached hydrogens (tertiary/aromatic N) is 3. The van der Waals surface area contributed by atoms with Gasteiger partial charge in [0.25, 0.3) is 5.91 Å². The second-order valence-corrected chi connectivity index (χ2v) is 9.39. The first-order valence-corrected chi connectivity index (χ1v) is 12.2. The highest BCUT2D eigenvalue weighted by atomic mass is 32.2. The minimum absolute atomic E-state index is 0.0105. The number of carbonyl (C=O) groups excluding carboxylic acids is 3. The Labute approximate surface area is 197 Å². The van der Waals surface area contributed by atoms with Gasteiger partial charge in [0.1, 0.15) is 22.7 Å². The Balaban J connectivity index is 1.46. The van der Waals surface area contributed by atoms with E-state index in [0.717, 1.165) is 18.7 Å². The Morgan fingerprint density at radius 1 is 1.33 bits per heavy atom. The highest BCUT2D eigenvalue weighted by molar-refractivity contribution is 7.99. The number of hydrogen-bond donors (Lipinski definition) is 2. The molecule has 4 rings (SSSR count). The third kappa shape index (κ3) is 5.11. The van der Waals surface area contributed by atoms with Gasteiger partial charge in [0.05, 0.1) is 12.4 Å². The van der Waals surface area contributed by atoms with E-state index in [4.69, 9.17) is 14.9 Å². The molecule has 0 atom stereocenters. The summed E-state index contributed by atoms with van der Waals surface area (Å²) in [5.74, 6) is -1.22. The summed E-state index contributed by atoms with van der Waals surface area (Å²) in [7, 11) is 0. The number of hydrogen-bond acceptors (Lipinski definition) is 9. The summed E-state index contributed by atoms with van der Waals surface area (Å²) >= 11 is 2.91. The van der Waals surface area contributed by atoms with Crippen LogP contribution in [0.4, 0.5) is 5.88 Å². The summed E-state index contributed by atoms with van der Waals surface area (Å²) in [6.45, 7) is 3.26. The van der Waals surface area contributed by atoms with Crippen LogP contribution < -0.4 is 11.1 Å². The molecule has 2 amide bonds. The first kappa shape index (κ1) is 23.1. The molecule has 12 heteroatoms. The minimum atomic E-state index is -0.899. The summed E-state index contributed by atoms with van der Waals surface area (Å²) in [5.41, 5.74) is 5.15. The van der Waals surface area contributed by atoms with E-state index in [1.165, 1.54) is 23.6 Å². The average Bonchev–Trinajstić information content (AvgIpc) is 3.16. The van der Waals surface area contributed by atoms with E-state index in [1.807, 2.05) is 11.4 Å². The van der Waals surface area contributed by atoms with Crippen LogP contribution in [0, 0.1) is 6.92 Å². The average molecular weight is 490 g/mol. The van der Waals surface area contributed by atoms with Crippen LogP contribution >= 0.6 is 23.1 Å². The zero-order valence-electron chi connectivity index (χ0n) is 18.1. The number of carbonyl (C=O) groups is 3. The van der Waals surface area contributed by atoms with Crippen LogP contribution in [0.2, 0.25) is 0 Å². The number of aryl methyl sites for hydroxylation is 1. The molecule has 33 heavy (non-hydrogen) atoms. The molecule has 1 aliphatic carbocycles. The number of amides is 2. The quantitative estimate of drug-likeness (QED) is 0.327. The summed E-state index contributed by atoms with van der Waals surface area (Å²) in [6, 6.07) is 4.41. The summed E-state index contributed by atoms with van der Waals surface area (Å²) in [6.07, 6.45) is 2.80. The lowest BCUT2D eigenvalue weighted by Crippen LogP contribution is -2.21. The van der Waals surface area contributed by atoms with Crippen molar-refractivity contribution < 1.29 is 23.5 Å². The fourth-order valence-corrected chi connectivity index (χ4v) is 4.93. The third-order valence-corrected chi connectivity index (χ3v) is 6.77. The van der Waals surface area contributed by atoms with Gasteiger partial charge in [0, 0.05) is 17.3 Å². The molecule has 0 saturated heterocycles. The first-order valence-electron chi connectivity index (χ1n) is 10.4. The van der Waals surface area contributed by atoms with Gasteiger partial charge < -0.3 is 19.5 Å². The largest absolute Gasteiger partial charge is 0.462 e. The molecule has 10 nitrogen and oxygen atoms in total. The predicted octanol–water partition coefficient (Wildman–Crippen LogP) is 3.17. The van der Waals surface area contributed by atoms with Gasteiger partial charge in [-0.2, -0.15) is 0 Å². The van der Waals surface area contributed by atoms with Gasteiger partial charge in [-0.05, 0) is 38.1 Å². The Hall–Kier alpha value is -3.12. The Bertz CT molecular complexity index is 1180. The van der Waals surface area contributed by atoms with E-state index in [0.29, 0.717) is 17.6 Å². The Morgan fingerprint density at radius 2 is 2.12 bits per heavy atom. The summed E-state index contributed by atoms with van der Waals surface area (Å²) in [4.78, 5) is 38.0. The molecule has 3 aromatic rings. The van der Waals surface area contributed by atoms with E-state index in [-0.39, 0.29) is 35.1 Å². The molecular weight excluding hydrogens is 466 g/mol. The monoisotopic (exact) mass is 489 g/mol. The molecule has 0 radical (unpaired) electrons. The number of nitrogens with two attached hydrogens (primary N) is 1. The maximum Gasteiger partial charge on any atom is 0.342 e. The van der Waals surface area contributed by atoms with Crippen LogP contribution in [-0.2, 0) is 16.0 Å². The number of thioether (sulfide) groups is 1. The van der Waals surface area contributed by atoms with Gasteiger partial charge in [-0.1, -0.05) is 17.8 Å². The Kier molecular flexibility index (Phi) is 6.84. The zero-order chi connectivity index (χ0) is 23.5. The van der Waals surface area contributed by atoms with Crippen molar-refractivity contribution in [3.8, 4) is 0 Å². The number of furan rings is 1. The van der Waals surface area contributed by atoms with Gasteiger partial charge in [0.15, 0.2) is 5.16 Å². The van der Waals surface area contributed by atoms with E-state index in [2.05, 4.69) is 26.1 Å². The third-order valence-electron chi connectivity index (χ3n) is 4.96.